The van der Waals surface area contributed by atoms with Crippen molar-refractivity contribution in [3.8, 4) is 12.1 Å². The minimum atomic E-state index is 0.0674. The third-order valence-corrected chi connectivity index (χ3v) is 4.25. The maximum Gasteiger partial charge on any atom is 0.145 e. The van der Waals surface area contributed by atoms with Gasteiger partial charge in [-0.2, -0.15) is 10.5 Å². The van der Waals surface area contributed by atoms with E-state index in [1.165, 1.54) is 12.8 Å². The standard InChI is InChI=1S/C16H19N5O/c17-7-13-12-5-3-1-2-4-6-15(12)21-16(14(13)8-18)20-11-9-19-22-10-11/h11,19H,1-6,9-10H2,(H,20,21)/t11-/m1/s1. The molecule has 1 fully saturated rings. The van der Waals surface area contributed by atoms with Crippen molar-refractivity contribution in [2.24, 2.45) is 0 Å². The molecule has 0 aromatic carbocycles. The lowest BCUT2D eigenvalue weighted by Gasteiger charge is -2.19. The number of nitriles is 2. The van der Waals surface area contributed by atoms with Crippen LogP contribution in [0.5, 0.6) is 0 Å². The fourth-order valence-corrected chi connectivity index (χ4v) is 3.10. The van der Waals surface area contributed by atoms with Gasteiger partial charge in [-0.05, 0) is 31.2 Å². The highest BCUT2D eigenvalue weighted by molar-refractivity contribution is 5.64. The van der Waals surface area contributed by atoms with Crippen LogP contribution in [-0.4, -0.2) is 24.2 Å². The number of aromatic nitrogens is 1. The molecule has 1 aromatic heterocycles. The normalized spacial score (nSPS) is 21.1. The quantitative estimate of drug-likeness (QED) is 0.864. The topological polar surface area (TPSA) is 93.8 Å². The third-order valence-electron chi connectivity index (χ3n) is 4.25. The molecule has 0 saturated carbocycles. The number of fused-ring (bicyclic) bond motifs is 1. The average Bonchev–Trinajstić information content (AvgIpc) is 3.00. The summed E-state index contributed by atoms with van der Waals surface area (Å²) in [6.45, 7) is 1.18. The fraction of sp³-hybridized carbons (Fsp3) is 0.562. The first-order valence-corrected chi connectivity index (χ1v) is 7.80. The molecule has 0 spiro atoms. The molecule has 0 unspecified atom stereocenters. The molecule has 22 heavy (non-hydrogen) atoms. The number of nitrogens with one attached hydrogen (secondary N) is 2. The van der Waals surface area contributed by atoms with Gasteiger partial charge in [-0.25, -0.2) is 10.5 Å². The van der Waals surface area contributed by atoms with Crippen molar-refractivity contribution in [1.29, 1.82) is 10.5 Å². The summed E-state index contributed by atoms with van der Waals surface area (Å²) in [6.07, 6.45) is 6.24. The molecule has 1 aromatic rings. The highest BCUT2D eigenvalue weighted by Crippen LogP contribution is 2.28. The van der Waals surface area contributed by atoms with E-state index in [0.29, 0.717) is 30.1 Å². The molecule has 2 heterocycles. The van der Waals surface area contributed by atoms with Crippen LogP contribution in [0.2, 0.25) is 0 Å². The molecule has 1 aliphatic carbocycles. The predicted molar refractivity (Wildman–Crippen MR) is 80.9 cm³/mol. The van der Waals surface area contributed by atoms with E-state index in [0.717, 1.165) is 36.9 Å². The van der Waals surface area contributed by atoms with E-state index in [4.69, 9.17) is 4.84 Å². The van der Waals surface area contributed by atoms with Crippen LogP contribution in [-0.2, 0) is 17.7 Å². The summed E-state index contributed by atoms with van der Waals surface area (Å²) in [6, 6.07) is 4.47. The highest BCUT2D eigenvalue weighted by Gasteiger charge is 2.23. The van der Waals surface area contributed by atoms with Crippen molar-refractivity contribution >= 4 is 5.82 Å². The molecule has 2 N–H and O–H groups in total. The SMILES string of the molecule is N#Cc1c(N[C@@H]2CNOC2)nc2c(c1C#N)CCCCCC2. The van der Waals surface area contributed by atoms with Gasteiger partial charge in [-0.1, -0.05) is 12.8 Å². The zero-order valence-corrected chi connectivity index (χ0v) is 12.5. The molecule has 0 radical (unpaired) electrons. The largest absolute Gasteiger partial charge is 0.362 e. The van der Waals surface area contributed by atoms with Crippen molar-refractivity contribution in [2.75, 3.05) is 18.5 Å². The average molecular weight is 297 g/mol. The van der Waals surface area contributed by atoms with Crippen molar-refractivity contribution in [1.82, 2.24) is 10.5 Å². The first-order chi connectivity index (χ1) is 10.8. The molecule has 114 valence electrons. The van der Waals surface area contributed by atoms with E-state index >= 15 is 0 Å². The van der Waals surface area contributed by atoms with Gasteiger partial charge < -0.3 is 5.32 Å². The van der Waals surface area contributed by atoms with E-state index in [1.54, 1.807) is 0 Å². The van der Waals surface area contributed by atoms with Gasteiger partial charge in [0.05, 0.1) is 18.2 Å². The number of nitrogens with zero attached hydrogens (tertiary/aromatic N) is 3. The lowest BCUT2D eigenvalue weighted by Crippen LogP contribution is -2.26. The third kappa shape index (κ3) is 2.89. The maximum absolute atomic E-state index is 9.56. The van der Waals surface area contributed by atoms with E-state index in [9.17, 15) is 10.5 Å². The molecular weight excluding hydrogens is 278 g/mol. The minimum absolute atomic E-state index is 0.0674. The first kappa shape index (κ1) is 14.8. The summed E-state index contributed by atoms with van der Waals surface area (Å²) in [7, 11) is 0. The lowest BCUT2D eigenvalue weighted by atomic mass is 9.91. The van der Waals surface area contributed by atoms with Gasteiger partial charge in [0, 0.05) is 12.2 Å². The number of rotatable bonds is 2. The van der Waals surface area contributed by atoms with Crippen molar-refractivity contribution < 1.29 is 4.84 Å². The van der Waals surface area contributed by atoms with Gasteiger partial charge in [-0.3, -0.25) is 4.84 Å². The molecule has 2 aliphatic rings. The smallest absolute Gasteiger partial charge is 0.145 e. The summed E-state index contributed by atoms with van der Waals surface area (Å²) < 4.78 is 0. The summed E-state index contributed by atoms with van der Waals surface area (Å²) in [5, 5.41) is 22.3. The number of hydrogen-bond donors (Lipinski definition) is 2. The molecule has 1 aliphatic heterocycles. The van der Waals surface area contributed by atoms with Crippen LogP contribution in [0, 0.1) is 22.7 Å². The second-order valence-electron chi connectivity index (χ2n) is 5.77. The molecule has 0 bridgehead atoms. The number of pyridine rings is 1. The molecule has 1 atom stereocenters. The van der Waals surface area contributed by atoms with E-state index in [2.05, 4.69) is 27.9 Å². The van der Waals surface area contributed by atoms with Crippen LogP contribution >= 0.6 is 0 Å². The minimum Gasteiger partial charge on any atom is -0.362 e. The van der Waals surface area contributed by atoms with Gasteiger partial charge in [0.15, 0.2) is 0 Å². The highest BCUT2D eigenvalue weighted by atomic mass is 16.7. The Bertz CT molecular complexity index is 637. The molecular formula is C16H19N5O. The summed E-state index contributed by atoms with van der Waals surface area (Å²) in [4.78, 5) is 9.81. The molecule has 0 amide bonds. The fourth-order valence-electron chi connectivity index (χ4n) is 3.10. The van der Waals surface area contributed by atoms with E-state index in [-0.39, 0.29) is 6.04 Å². The Hall–Kier alpha value is -2.15. The van der Waals surface area contributed by atoms with Crippen LogP contribution in [0.25, 0.3) is 0 Å². The summed E-state index contributed by atoms with van der Waals surface area (Å²) >= 11 is 0. The van der Waals surface area contributed by atoms with Gasteiger partial charge in [0.1, 0.15) is 23.5 Å². The summed E-state index contributed by atoms with van der Waals surface area (Å²) in [5.41, 5.74) is 5.63. The van der Waals surface area contributed by atoms with Crippen LogP contribution in [0.1, 0.15) is 48.1 Å². The Morgan fingerprint density at radius 2 is 1.86 bits per heavy atom. The van der Waals surface area contributed by atoms with Gasteiger partial charge in [-0.15, -0.1) is 0 Å². The van der Waals surface area contributed by atoms with Crippen LogP contribution in [0.3, 0.4) is 0 Å². The Kier molecular flexibility index (Phi) is 4.53. The Balaban J connectivity index is 2.03. The van der Waals surface area contributed by atoms with Crippen LogP contribution < -0.4 is 10.8 Å². The Morgan fingerprint density at radius 3 is 2.55 bits per heavy atom. The van der Waals surface area contributed by atoms with Crippen molar-refractivity contribution in [3.05, 3.63) is 22.4 Å². The Labute approximate surface area is 130 Å². The zero-order chi connectivity index (χ0) is 15.4. The second-order valence-corrected chi connectivity index (χ2v) is 5.77. The first-order valence-electron chi connectivity index (χ1n) is 7.80. The van der Waals surface area contributed by atoms with Crippen LogP contribution in [0.4, 0.5) is 5.82 Å². The van der Waals surface area contributed by atoms with Gasteiger partial charge in [0.25, 0.3) is 0 Å². The van der Waals surface area contributed by atoms with E-state index in [1.807, 2.05) is 0 Å². The number of anilines is 1. The molecule has 6 heteroatoms. The van der Waals surface area contributed by atoms with Crippen molar-refractivity contribution in [3.63, 3.8) is 0 Å². The lowest BCUT2D eigenvalue weighted by molar-refractivity contribution is 0.101. The number of hydroxylamine groups is 1. The zero-order valence-electron chi connectivity index (χ0n) is 12.5. The van der Waals surface area contributed by atoms with Gasteiger partial charge >= 0.3 is 0 Å². The van der Waals surface area contributed by atoms with Gasteiger partial charge in [0.2, 0.25) is 0 Å². The molecule has 6 nitrogen and oxygen atoms in total. The monoisotopic (exact) mass is 297 g/mol. The van der Waals surface area contributed by atoms with Crippen LogP contribution in [0.15, 0.2) is 0 Å². The molecule has 3 rings (SSSR count). The Morgan fingerprint density at radius 1 is 1.09 bits per heavy atom. The predicted octanol–water partition coefficient (Wildman–Crippen LogP) is 1.80. The second kappa shape index (κ2) is 6.74. The maximum atomic E-state index is 9.56. The summed E-state index contributed by atoms with van der Waals surface area (Å²) in [5.74, 6) is 0.524. The number of hydrogen-bond acceptors (Lipinski definition) is 6. The number of aryl methyl sites for hydroxylation is 1. The molecule has 1 saturated heterocycles. The van der Waals surface area contributed by atoms with E-state index < -0.39 is 0 Å². The van der Waals surface area contributed by atoms with Crippen molar-refractivity contribution in [2.45, 2.75) is 44.6 Å².